The Morgan fingerprint density at radius 1 is 1.00 bits per heavy atom. The molecule has 0 spiro atoms. The molecule has 1 fully saturated rings. The molecule has 14 heteroatoms. The van der Waals surface area contributed by atoms with E-state index in [1.54, 1.807) is 42.5 Å². The maximum absolute atomic E-state index is 13.4. The minimum Gasteiger partial charge on any atom is -0.413 e. The third-order valence-electron chi connectivity index (χ3n) is 5.39. The number of rotatable bonds is 7. The fraction of sp³-hybridized carbons (Fsp3) is 0.444. The monoisotopic (exact) mass is 524 g/mol. The third-order valence-corrected chi connectivity index (χ3v) is 17.5. The van der Waals surface area contributed by atoms with Crippen molar-refractivity contribution in [2.24, 2.45) is 0 Å². The molecule has 0 saturated carbocycles. The zero-order valence-corrected chi connectivity index (χ0v) is 20.9. The standard InChI is InChI=1S/C18H24O10S3Si/c1-32(2,28-12-13-29(19,20)21)18(30(22,23)26-10-11-27-31(18,24)25)14-16-8-5-7-15-6-3-4-9-17(15)16/h3-9H,10-14H2,1-2H3,(H,19,20,21). The van der Waals surface area contributed by atoms with Crippen molar-refractivity contribution in [3.63, 3.8) is 0 Å². The van der Waals surface area contributed by atoms with Gasteiger partial charge in [-0.05, 0) is 29.4 Å². The molecule has 10 nitrogen and oxygen atoms in total. The van der Waals surface area contributed by atoms with Crippen LogP contribution in [0.3, 0.4) is 0 Å². The first-order chi connectivity index (χ1) is 14.7. The predicted molar refractivity (Wildman–Crippen MR) is 120 cm³/mol. The van der Waals surface area contributed by atoms with Gasteiger partial charge in [-0.2, -0.15) is 25.3 Å². The maximum Gasteiger partial charge on any atom is 0.290 e. The van der Waals surface area contributed by atoms with Gasteiger partial charge in [0.05, 0.1) is 25.6 Å². The number of hydrogen-bond donors (Lipinski definition) is 1. The van der Waals surface area contributed by atoms with Crippen LogP contribution >= 0.6 is 0 Å². The van der Waals surface area contributed by atoms with Crippen molar-refractivity contribution in [3.8, 4) is 0 Å². The first-order valence-corrected chi connectivity index (χ1v) is 16.9. The summed E-state index contributed by atoms with van der Waals surface area (Å²) in [6.07, 6.45) is -0.524. The SMILES string of the molecule is C[Si](C)(OCCS(=O)(=O)O)C1(Cc2cccc3ccccc23)S(=O)(=O)OCCOS1(=O)=O. The summed E-state index contributed by atoms with van der Waals surface area (Å²) in [5, 5.41) is 1.42. The predicted octanol–water partition coefficient (Wildman–Crippen LogP) is 1.43. The van der Waals surface area contributed by atoms with E-state index in [0.717, 1.165) is 5.39 Å². The minimum atomic E-state index is -4.81. The smallest absolute Gasteiger partial charge is 0.290 e. The van der Waals surface area contributed by atoms with E-state index in [0.29, 0.717) is 10.9 Å². The Morgan fingerprint density at radius 2 is 1.56 bits per heavy atom. The van der Waals surface area contributed by atoms with Crippen molar-refractivity contribution in [1.29, 1.82) is 0 Å². The van der Waals surface area contributed by atoms with Gasteiger partial charge < -0.3 is 4.43 Å². The fourth-order valence-electron chi connectivity index (χ4n) is 3.80. The van der Waals surface area contributed by atoms with Crippen LogP contribution in [0, 0.1) is 0 Å². The van der Waals surface area contributed by atoms with E-state index in [4.69, 9.17) is 17.3 Å². The average Bonchev–Trinajstić information content (AvgIpc) is 2.76. The third kappa shape index (κ3) is 4.63. The van der Waals surface area contributed by atoms with Crippen molar-refractivity contribution in [1.82, 2.24) is 0 Å². The van der Waals surface area contributed by atoms with Crippen molar-refractivity contribution in [2.45, 2.75) is 23.2 Å². The summed E-state index contributed by atoms with van der Waals surface area (Å²) in [4.78, 5) is 0. The number of benzene rings is 2. The summed E-state index contributed by atoms with van der Waals surface area (Å²) in [5.41, 5.74) is 0.420. The van der Waals surface area contributed by atoms with Crippen LogP contribution in [0.5, 0.6) is 0 Å². The van der Waals surface area contributed by atoms with Crippen LogP contribution < -0.4 is 0 Å². The number of fused-ring (bicyclic) bond motifs is 1. The quantitative estimate of drug-likeness (QED) is 0.320. The summed E-state index contributed by atoms with van der Waals surface area (Å²) >= 11 is 0. The Morgan fingerprint density at radius 3 is 2.16 bits per heavy atom. The average molecular weight is 525 g/mol. The lowest BCUT2D eigenvalue weighted by Gasteiger charge is -2.40. The van der Waals surface area contributed by atoms with Crippen LogP contribution in [0.25, 0.3) is 10.8 Å². The molecule has 1 aliphatic heterocycles. The fourth-order valence-corrected chi connectivity index (χ4v) is 14.1. The summed E-state index contributed by atoms with van der Waals surface area (Å²) in [6.45, 7) is 1.10. The molecule has 1 aliphatic rings. The van der Waals surface area contributed by atoms with E-state index < -0.39 is 74.4 Å². The largest absolute Gasteiger partial charge is 0.413 e. The second kappa shape index (κ2) is 8.75. The van der Waals surface area contributed by atoms with Crippen LogP contribution in [-0.2, 0) is 49.6 Å². The highest BCUT2D eigenvalue weighted by molar-refractivity contribution is 8.09. The summed E-state index contributed by atoms with van der Waals surface area (Å²) in [6, 6.07) is 12.2. The first-order valence-electron chi connectivity index (χ1n) is 9.56. The van der Waals surface area contributed by atoms with Gasteiger partial charge in [0.15, 0.2) is 0 Å². The van der Waals surface area contributed by atoms with Crippen molar-refractivity contribution in [2.75, 3.05) is 25.6 Å². The Hall–Kier alpha value is -1.39. The summed E-state index contributed by atoms with van der Waals surface area (Å²) in [7, 11) is -18.0. The molecule has 1 heterocycles. The summed E-state index contributed by atoms with van der Waals surface area (Å²) in [5.74, 6) is -0.824. The van der Waals surface area contributed by atoms with Gasteiger partial charge in [0.1, 0.15) is 0 Å². The van der Waals surface area contributed by atoms with Gasteiger partial charge >= 0.3 is 0 Å². The van der Waals surface area contributed by atoms with E-state index in [9.17, 15) is 25.3 Å². The highest BCUT2D eigenvalue weighted by Gasteiger charge is 2.69. The van der Waals surface area contributed by atoms with Crippen molar-refractivity contribution < 1.29 is 42.6 Å². The van der Waals surface area contributed by atoms with Gasteiger partial charge in [0.25, 0.3) is 30.4 Å². The van der Waals surface area contributed by atoms with Gasteiger partial charge in [-0.25, -0.2) is 0 Å². The van der Waals surface area contributed by atoms with Crippen LogP contribution in [-0.4, -0.2) is 67.4 Å². The highest BCUT2D eigenvalue weighted by atomic mass is 32.3. The van der Waals surface area contributed by atoms with Gasteiger partial charge in [-0.15, -0.1) is 0 Å². The molecule has 0 bridgehead atoms. The molecule has 0 atom stereocenters. The zero-order valence-electron chi connectivity index (χ0n) is 17.4. The van der Waals surface area contributed by atoms with Crippen LogP contribution in [0.4, 0.5) is 0 Å². The molecule has 32 heavy (non-hydrogen) atoms. The Labute approximate surface area is 188 Å². The normalized spacial score (nSPS) is 20.6. The second-order valence-electron chi connectivity index (χ2n) is 7.76. The zero-order chi connectivity index (χ0) is 23.8. The van der Waals surface area contributed by atoms with E-state index in [1.165, 1.54) is 13.1 Å². The van der Waals surface area contributed by atoms with Crippen LogP contribution in [0.1, 0.15) is 5.56 Å². The Kier molecular flexibility index (Phi) is 6.90. The van der Waals surface area contributed by atoms with E-state index in [1.807, 2.05) is 0 Å². The van der Waals surface area contributed by atoms with Crippen LogP contribution in [0.2, 0.25) is 13.1 Å². The number of hydrogen-bond acceptors (Lipinski definition) is 9. The van der Waals surface area contributed by atoms with E-state index in [-0.39, 0.29) is 0 Å². The molecule has 2 aromatic carbocycles. The molecule has 0 aromatic heterocycles. The molecule has 1 saturated heterocycles. The molecule has 1 N–H and O–H groups in total. The lowest BCUT2D eigenvalue weighted by molar-refractivity contribution is 0.237. The molecule has 0 radical (unpaired) electrons. The molecular weight excluding hydrogens is 500 g/mol. The van der Waals surface area contributed by atoms with Gasteiger partial charge in [-0.3, -0.25) is 12.9 Å². The topological polar surface area (TPSA) is 150 Å². The Bertz CT molecular complexity index is 1280. The van der Waals surface area contributed by atoms with Crippen LogP contribution in [0.15, 0.2) is 42.5 Å². The Balaban J connectivity index is 2.23. The molecule has 3 rings (SSSR count). The second-order valence-corrected chi connectivity index (χ2v) is 18.2. The molecule has 178 valence electrons. The molecule has 2 aromatic rings. The maximum atomic E-state index is 13.4. The summed E-state index contributed by atoms with van der Waals surface area (Å²) < 4.78 is 97.9. The van der Waals surface area contributed by atoms with Crippen molar-refractivity contribution in [3.05, 3.63) is 48.0 Å². The van der Waals surface area contributed by atoms with Crippen molar-refractivity contribution >= 4 is 49.4 Å². The molecule has 0 amide bonds. The highest BCUT2D eigenvalue weighted by Crippen LogP contribution is 2.43. The lowest BCUT2D eigenvalue weighted by Crippen LogP contribution is -2.67. The molecule has 0 aliphatic carbocycles. The first kappa shape index (κ1) is 25.2. The molecule has 0 unspecified atom stereocenters. The van der Waals surface area contributed by atoms with Gasteiger partial charge in [0, 0.05) is 6.42 Å². The van der Waals surface area contributed by atoms with Gasteiger partial charge in [0.2, 0.25) is 12.0 Å². The van der Waals surface area contributed by atoms with E-state index >= 15 is 0 Å². The van der Waals surface area contributed by atoms with E-state index in [2.05, 4.69) is 0 Å². The van der Waals surface area contributed by atoms with Gasteiger partial charge in [-0.1, -0.05) is 42.5 Å². The molecular formula is C18H24O10S3Si. The lowest BCUT2D eigenvalue weighted by atomic mass is 10.0. The minimum absolute atomic E-state index is 0.420.